The van der Waals surface area contributed by atoms with Gasteiger partial charge in [0.05, 0.1) is 25.4 Å². The Morgan fingerprint density at radius 2 is 0.667 bits per heavy atom. The molecule has 1 amide bonds. The highest BCUT2D eigenvalue weighted by Crippen LogP contribution is 2.18. The number of allylic oxidation sites excluding steroid dienone is 1. The van der Waals surface area contributed by atoms with E-state index in [2.05, 4.69) is 19.2 Å². The smallest absolute Gasteiger partial charge is 0.305 e. The standard InChI is InChI=1S/C63H123NO5/c1-3-5-7-9-11-13-15-17-27-31-35-39-43-47-51-55-61(66)60(59-65)64-62(67)56-52-48-44-40-36-32-29-25-23-21-19-20-22-24-26-30-34-38-42-46-50-54-58-69-63(68)57-53-49-45-41-37-33-28-18-16-14-12-10-8-6-4-2/h51,55,60-61,65-66H,3-50,52-54,56-59H2,1-2H3,(H,64,67)/b55-51+. The zero-order chi connectivity index (χ0) is 50.0. The van der Waals surface area contributed by atoms with Gasteiger partial charge in [-0.2, -0.15) is 0 Å². The molecule has 0 aliphatic carbocycles. The number of unbranched alkanes of at least 4 members (excludes halogenated alkanes) is 48. The van der Waals surface area contributed by atoms with Crippen molar-refractivity contribution in [1.29, 1.82) is 0 Å². The van der Waals surface area contributed by atoms with Crippen LogP contribution >= 0.6 is 0 Å². The van der Waals surface area contributed by atoms with Crippen LogP contribution in [0.5, 0.6) is 0 Å². The average molecular weight is 975 g/mol. The lowest BCUT2D eigenvalue weighted by atomic mass is 10.0. The van der Waals surface area contributed by atoms with Gasteiger partial charge in [-0.3, -0.25) is 9.59 Å². The maximum absolute atomic E-state index is 12.5. The van der Waals surface area contributed by atoms with Gasteiger partial charge >= 0.3 is 5.97 Å². The molecule has 0 aromatic carbocycles. The lowest BCUT2D eigenvalue weighted by Crippen LogP contribution is -2.45. The molecule has 0 heterocycles. The van der Waals surface area contributed by atoms with Gasteiger partial charge in [-0.05, 0) is 32.1 Å². The molecule has 0 saturated carbocycles. The van der Waals surface area contributed by atoms with Crippen LogP contribution in [0.15, 0.2) is 12.2 Å². The molecular formula is C63H123NO5. The van der Waals surface area contributed by atoms with Crippen molar-refractivity contribution in [2.24, 2.45) is 0 Å². The second kappa shape index (κ2) is 59.2. The molecule has 0 fully saturated rings. The molecule has 0 aliphatic heterocycles. The number of hydrogen-bond acceptors (Lipinski definition) is 5. The molecule has 0 rings (SSSR count). The van der Waals surface area contributed by atoms with Crippen molar-refractivity contribution in [2.75, 3.05) is 13.2 Å². The number of aliphatic hydroxyl groups is 2. The van der Waals surface area contributed by atoms with Gasteiger partial charge in [0.2, 0.25) is 5.91 Å². The predicted molar refractivity (Wildman–Crippen MR) is 301 cm³/mol. The lowest BCUT2D eigenvalue weighted by Gasteiger charge is -2.20. The molecule has 0 radical (unpaired) electrons. The first-order valence-electron chi connectivity index (χ1n) is 31.5. The number of hydrogen-bond donors (Lipinski definition) is 3. The number of nitrogens with one attached hydrogen (secondary N) is 1. The SMILES string of the molecule is CCCCCCCCCCCCCCC/C=C/C(O)C(CO)NC(=O)CCCCCCCCCCCCCCCCCCCCCCCCOC(=O)CCCCCCCCCCCCCCCCC. The summed E-state index contributed by atoms with van der Waals surface area (Å²) in [6.07, 6.45) is 71.1. The minimum atomic E-state index is -0.843. The minimum Gasteiger partial charge on any atom is -0.466 e. The van der Waals surface area contributed by atoms with E-state index in [0.717, 1.165) is 38.5 Å². The third kappa shape index (κ3) is 55.8. The summed E-state index contributed by atoms with van der Waals surface area (Å²) in [5.74, 6) is -0.0495. The highest BCUT2D eigenvalue weighted by atomic mass is 16.5. The topological polar surface area (TPSA) is 95.9 Å². The quantitative estimate of drug-likeness (QED) is 0.0321. The average Bonchev–Trinajstić information content (AvgIpc) is 3.35. The Morgan fingerprint density at radius 3 is 0.986 bits per heavy atom. The maximum atomic E-state index is 12.5. The van der Waals surface area contributed by atoms with Gasteiger partial charge in [0.25, 0.3) is 0 Å². The van der Waals surface area contributed by atoms with Gasteiger partial charge in [0.1, 0.15) is 0 Å². The lowest BCUT2D eigenvalue weighted by molar-refractivity contribution is -0.143. The summed E-state index contributed by atoms with van der Waals surface area (Å²) in [4.78, 5) is 24.5. The first-order valence-corrected chi connectivity index (χ1v) is 31.5. The van der Waals surface area contributed by atoms with E-state index in [1.54, 1.807) is 6.08 Å². The maximum Gasteiger partial charge on any atom is 0.305 e. The van der Waals surface area contributed by atoms with Gasteiger partial charge in [0, 0.05) is 12.8 Å². The molecular weight excluding hydrogens is 851 g/mol. The number of aliphatic hydroxyl groups excluding tert-OH is 2. The van der Waals surface area contributed by atoms with Crippen LogP contribution in [0.3, 0.4) is 0 Å². The van der Waals surface area contributed by atoms with Crippen LogP contribution in [0.1, 0.15) is 354 Å². The van der Waals surface area contributed by atoms with Crippen LogP contribution in [0.4, 0.5) is 0 Å². The zero-order valence-electron chi connectivity index (χ0n) is 46.8. The predicted octanol–water partition coefficient (Wildman–Crippen LogP) is 19.6. The van der Waals surface area contributed by atoms with Gasteiger partial charge in [-0.1, -0.05) is 321 Å². The number of rotatable bonds is 59. The highest BCUT2D eigenvalue weighted by molar-refractivity contribution is 5.76. The van der Waals surface area contributed by atoms with E-state index < -0.39 is 12.1 Å². The summed E-state index contributed by atoms with van der Waals surface area (Å²) in [7, 11) is 0. The molecule has 6 heteroatoms. The Bertz CT molecular complexity index is 1030. The van der Waals surface area contributed by atoms with Gasteiger partial charge < -0.3 is 20.3 Å². The van der Waals surface area contributed by atoms with E-state index in [-0.39, 0.29) is 18.5 Å². The number of carbonyl (C=O) groups excluding carboxylic acids is 2. The van der Waals surface area contributed by atoms with Crippen molar-refractivity contribution >= 4 is 11.9 Å². The molecule has 6 nitrogen and oxygen atoms in total. The number of carbonyl (C=O) groups is 2. The molecule has 0 spiro atoms. The van der Waals surface area contributed by atoms with E-state index in [0.29, 0.717) is 19.4 Å². The molecule has 0 aliphatic rings. The summed E-state index contributed by atoms with van der Waals surface area (Å²) in [6.45, 7) is 4.93. The highest BCUT2D eigenvalue weighted by Gasteiger charge is 2.18. The van der Waals surface area contributed by atoms with E-state index in [1.807, 2.05) is 6.08 Å². The Kier molecular flexibility index (Phi) is 58.0. The summed E-state index contributed by atoms with van der Waals surface area (Å²) >= 11 is 0. The minimum absolute atomic E-state index is 0.0163. The molecule has 0 bridgehead atoms. The first-order chi connectivity index (χ1) is 34.0. The van der Waals surface area contributed by atoms with E-state index >= 15 is 0 Å². The van der Waals surface area contributed by atoms with E-state index in [4.69, 9.17) is 4.74 Å². The van der Waals surface area contributed by atoms with Crippen molar-refractivity contribution in [3.05, 3.63) is 12.2 Å². The van der Waals surface area contributed by atoms with Crippen LogP contribution in [0.25, 0.3) is 0 Å². The first kappa shape index (κ1) is 67.6. The Hall–Kier alpha value is -1.40. The fraction of sp³-hybridized carbons (Fsp3) is 0.937. The van der Waals surface area contributed by atoms with Crippen molar-refractivity contribution in [3.63, 3.8) is 0 Å². The normalized spacial score (nSPS) is 12.6. The van der Waals surface area contributed by atoms with Crippen LogP contribution in [-0.4, -0.2) is 47.4 Å². The third-order valence-electron chi connectivity index (χ3n) is 14.8. The zero-order valence-corrected chi connectivity index (χ0v) is 46.8. The van der Waals surface area contributed by atoms with E-state index in [1.165, 1.54) is 289 Å². The number of amides is 1. The fourth-order valence-corrected chi connectivity index (χ4v) is 9.99. The molecule has 3 N–H and O–H groups in total. The van der Waals surface area contributed by atoms with E-state index in [9.17, 15) is 19.8 Å². The molecule has 2 unspecified atom stereocenters. The van der Waals surface area contributed by atoms with Crippen LogP contribution in [0, 0.1) is 0 Å². The van der Waals surface area contributed by atoms with Crippen LogP contribution in [-0.2, 0) is 14.3 Å². The number of esters is 1. The van der Waals surface area contributed by atoms with Crippen molar-refractivity contribution in [3.8, 4) is 0 Å². The second-order valence-electron chi connectivity index (χ2n) is 21.8. The molecule has 0 aromatic heterocycles. The van der Waals surface area contributed by atoms with Crippen LogP contribution in [0.2, 0.25) is 0 Å². The summed E-state index contributed by atoms with van der Waals surface area (Å²) in [6, 6.07) is -0.627. The third-order valence-corrected chi connectivity index (χ3v) is 14.8. The van der Waals surface area contributed by atoms with Gasteiger partial charge in [-0.15, -0.1) is 0 Å². The van der Waals surface area contributed by atoms with Crippen molar-refractivity contribution < 1.29 is 24.5 Å². The van der Waals surface area contributed by atoms with Crippen LogP contribution < -0.4 is 5.32 Å². The largest absolute Gasteiger partial charge is 0.466 e. The Labute approximate surface area is 431 Å². The Balaban J connectivity index is 3.38. The molecule has 410 valence electrons. The molecule has 69 heavy (non-hydrogen) atoms. The van der Waals surface area contributed by atoms with Gasteiger partial charge in [0.15, 0.2) is 0 Å². The monoisotopic (exact) mass is 974 g/mol. The molecule has 2 atom stereocenters. The molecule has 0 saturated heterocycles. The fourth-order valence-electron chi connectivity index (χ4n) is 9.99. The van der Waals surface area contributed by atoms with Crippen molar-refractivity contribution in [2.45, 2.75) is 366 Å². The van der Waals surface area contributed by atoms with Crippen molar-refractivity contribution in [1.82, 2.24) is 5.32 Å². The summed E-state index contributed by atoms with van der Waals surface area (Å²) < 4.78 is 5.49. The van der Waals surface area contributed by atoms with Gasteiger partial charge in [-0.25, -0.2) is 0 Å². The summed E-state index contributed by atoms with van der Waals surface area (Å²) in [5.41, 5.74) is 0. The second-order valence-corrected chi connectivity index (χ2v) is 21.8. The molecule has 0 aromatic rings. The summed E-state index contributed by atoms with van der Waals surface area (Å²) in [5, 5.41) is 23.1. The Morgan fingerprint density at radius 1 is 0.391 bits per heavy atom. The number of ether oxygens (including phenoxy) is 1.